The van der Waals surface area contributed by atoms with Crippen molar-refractivity contribution in [2.24, 2.45) is 0 Å². The average molecular weight is 478 g/mol. The monoisotopic (exact) mass is 477 g/mol. The molecule has 2 aliphatic heterocycles. The smallest absolute Gasteiger partial charge is 0.262 e. The fourth-order valence-electron chi connectivity index (χ4n) is 3.62. The van der Waals surface area contributed by atoms with Crippen LogP contribution in [0.25, 0.3) is 0 Å². The fourth-order valence-corrected chi connectivity index (χ4v) is 5.76. The van der Waals surface area contributed by atoms with Crippen molar-refractivity contribution >= 4 is 45.0 Å². The van der Waals surface area contributed by atoms with Crippen molar-refractivity contribution < 1.29 is 27.5 Å². The lowest BCUT2D eigenvalue weighted by Gasteiger charge is -2.27. The van der Waals surface area contributed by atoms with Gasteiger partial charge in [0.15, 0.2) is 5.25 Å². The molecule has 170 valence electrons. The van der Waals surface area contributed by atoms with Crippen molar-refractivity contribution in [1.29, 1.82) is 0 Å². The Morgan fingerprint density at radius 3 is 2.56 bits per heavy atom. The van der Waals surface area contributed by atoms with E-state index in [-0.39, 0.29) is 16.5 Å². The lowest BCUT2D eigenvalue weighted by Crippen LogP contribution is -2.43. The van der Waals surface area contributed by atoms with Crippen LogP contribution in [0.5, 0.6) is 11.5 Å². The number of ether oxygens (including phenoxy) is 2. The minimum atomic E-state index is -3.99. The maximum absolute atomic E-state index is 13.0. The third kappa shape index (κ3) is 4.35. The molecule has 0 bridgehead atoms. The number of nitrogens with zero attached hydrogens (tertiary/aromatic N) is 1. The molecule has 11 heteroatoms. The van der Waals surface area contributed by atoms with E-state index < -0.39 is 21.2 Å². The van der Waals surface area contributed by atoms with Crippen molar-refractivity contribution in [2.75, 3.05) is 37.3 Å². The van der Waals surface area contributed by atoms with Crippen LogP contribution < -0.4 is 19.5 Å². The Kier molecular flexibility index (Phi) is 6.20. The maximum atomic E-state index is 13.0. The molecule has 0 spiro atoms. The predicted molar refractivity (Wildman–Crippen MR) is 121 cm³/mol. The second kappa shape index (κ2) is 8.91. The van der Waals surface area contributed by atoms with E-state index in [1.807, 2.05) is 0 Å². The van der Waals surface area contributed by atoms with Gasteiger partial charge in [0.25, 0.3) is 10.0 Å². The summed E-state index contributed by atoms with van der Waals surface area (Å²) in [5.41, 5.74) is 0.574. The third-order valence-electron chi connectivity index (χ3n) is 5.30. The van der Waals surface area contributed by atoms with Crippen molar-refractivity contribution in [2.45, 2.75) is 27.9 Å². The van der Waals surface area contributed by atoms with E-state index in [9.17, 15) is 18.0 Å². The number of nitrogens with one attached hydrogen (secondary N) is 2. The standard InChI is InChI=1S/C21H23N3O6S2/c1-29-13-5-7-17(30-2)15(11-13)23-32(27,28)14-6-8-18-16(12-14)22-20(25)19(31-18)21(26)24-9-3-4-10-24/h5-8,11-12,19,23H,3-4,9-10H2,1-2H3,(H,22,25)/t19-/m0/s1. The Balaban J connectivity index is 1.57. The number of fused-ring (bicyclic) bond motifs is 1. The molecule has 1 atom stereocenters. The van der Waals surface area contributed by atoms with Crippen LogP contribution in [-0.2, 0) is 19.6 Å². The molecule has 2 aromatic rings. The van der Waals surface area contributed by atoms with E-state index in [0.717, 1.165) is 24.6 Å². The number of sulfonamides is 1. The zero-order valence-electron chi connectivity index (χ0n) is 17.6. The highest BCUT2D eigenvalue weighted by molar-refractivity contribution is 8.01. The quantitative estimate of drug-likeness (QED) is 0.615. The Hall–Kier alpha value is -2.92. The SMILES string of the molecule is COc1ccc(OC)c(NS(=O)(=O)c2ccc3c(c2)NC(=O)[C@@H](C(=O)N2CCCC2)S3)c1. The van der Waals surface area contributed by atoms with E-state index >= 15 is 0 Å². The number of carbonyl (C=O) groups excluding carboxylic acids is 2. The van der Waals surface area contributed by atoms with Gasteiger partial charge in [-0.2, -0.15) is 0 Å². The first-order chi connectivity index (χ1) is 15.3. The van der Waals surface area contributed by atoms with E-state index in [4.69, 9.17) is 9.47 Å². The molecule has 0 saturated carbocycles. The summed E-state index contributed by atoms with van der Waals surface area (Å²) in [5, 5.41) is 1.81. The topological polar surface area (TPSA) is 114 Å². The molecule has 1 fully saturated rings. The molecule has 4 rings (SSSR count). The fraction of sp³-hybridized carbons (Fsp3) is 0.333. The van der Waals surface area contributed by atoms with Crippen LogP contribution in [0.2, 0.25) is 0 Å². The highest BCUT2D eigenvalue weighted by Crippen LogP contribution is 2.39. The third-order valence-corrected chi connectivity index (χ3v) is 7.92. The van der Waals surface area contributed by atoms with Crippen LogP contribution in [0.3, 0.4) is 0 Å². The molecule has 9 nitrogen and oxygen atoms in total. The molecule has 0 radical (unpaired) electrons. The summed E-state index contributed by atoms with van der Waals surface area (Å²) >= 11 is 1.14. The minimum Gasteiger partial charge on any atom is -0.497 e. The van der Waals surface area contributed by atoms with Crippen LogP contribution in [0.1, 0.15) is 12.8 Å². The molecule has 0 aliphatic carbocycles. The summed E-state index contributed by atoms with van der Waals surface area (Å²) in [6, 6.07) is 9.18. The summed E-state index contributed by atoms with van der Waals surface area (Å²) in [6.07, 6.45) is 1.88. The molecule has 2 aromatic carbocycles. The van der Waals surface area contributed by atoms with E-state index in [1.54, 1.807) is 23.1 Å². The lowest BCUT2D eigenvalue weighted by molar-refractivity contribution is -0.133. The number of amides is 2. The number of methoxy groups -OCH3 is 2. The summed E-state index contributed by atoms with van der Waals surface area (Å²) < 4.78 is 38.9. The van der Waals surface area contributed by atoms with Gasteiger partial charge in [-0.25, -0.2) is 8.42 Å². The molecule has 2 heterocycles. The van der Waals surface area contributed by atoms with Crippen LogP contribution in [-0.4, -0.2) is 57.7 Å². The van der Waals surface area contributed by atoms with Gasteiger partial charge < -0.3 is 19.7 Å². The average Bonchev–Trinajstić information content (AvgIpc) is 3.32. The molecule has 2 amide bonds. The maximum Gasteiger partial charge on any atom is 0.262 e. The number of thioether (sulfide) groups is 1. The van der Waals surface area contributed by atoms with Crippen molar-refractivity contribution in [1.82, 2.24) is 4.90 Å². The first kappa shape index (κ1) is 22.3. The van der Waals surface area contributed by atoms with Gasteiger partial charge >= 0.3 is 0 Å². The van der Waals surface area contributed by atoms with E-state index in [0.29, 0.717) is 35.2 Å². The highest BCUT2D eigenvalue weighted by atomic mass is 32.2. The van der Waals surface area contributed by atoms with E-state index in [2.05, 4.69) is 10.0 Å². The number of hydrogen-bond acceptors (Lipinski definition) is 7. The van der Waals surface area contributed by atoms with Gasteiger partial charge in [0, 0.05) is 24.1 Å². The summed E-state index contributed by atoms with van der Waals surface area (Å²) in [5.74, 6) is 0.140. The van der Waals surface area contributed by atoms with Gasteiger partial charge in [-0.3, -0.25) is 14.3 Å². The number of anilines is 2. The summed E-state index contributed by atoms with van der Waals surface area (Å²) in [7, 11) is -1.07. The van der Waals surface area contributed by atoms with Crippen LogP contribution in [0.4, 0.5) is 11.4 Å². The molecule has 0 unspecified atom stereocenters. The Morgan fingerprint density at radius 2 is 1.88 bits per heavy atom. The molecule has 2 N–H and O–H groups in total. The molecular formula is C21H23N3O6S2. The van der Waals surface area contributed by atoms with E-state index in [1.165, 1.54) is 32.4 Å². The zero-order chi connectivity index (χ0) is 22.9. The second-order valence-corrected chi connectivity index (χ2v) is 10.2. The van der Waals surface area contributed by atoms with Gasteiger partial charge in [-0.05, 0) is 43.2 Å². The second-order valence-electron chi connectivity index (χ2n) is 7.35. The largest absolute Gasteiger partial charge is 0.497 e. The molecule has 2 aliphatic rings. The van der Waals surface area contributed by atoms with Crippen LogP contribution in [0.15, 0.2) is 46.2 Å². The zero-order valence-corrected chi connectivity index (χ0v) is 19.2. The number of benzene rings is 2. The van der Waals surface area contributed by atoms with Gasteiger partial charge in [-0.1, -0.05) is 0 Å². The number of rotatable bonds is 6. The van der Waals surface area contributed by atoms with Crippen LogP contribution in [0, 0.1) is 0 Å². The van der Waals surface area contributed by atoms with Gasteiger partial charge in [0.1, 0.15) is 11.5 Å². The first-order valence-corrected chi connectivity index (χ1v) is 12.3. The highest BCUT2D eigenvalue weighted by Gasteiger charge is 2.37. The Bertz CT molecular complexity index is 1160. The van der Waals surface area contributed by atoms with Crippen molar-refractivity contribution in [3.63, 3.8) is 0 Å². The lowest BCUT2D eigenvalue weighted by atomic mass is 10.2. The number of likely N-dealkylation sites (tertiary alicyclic amines) is 1. The van der Waals surface area contributed by atoms with Gasteiger partial charge in [-0.15, -0.1) is 11.8 Å². The Morgan fingerprint density at radius 1 is 1.12 bits per heavy atom. The summed E-state index contributed by atoms with van der Waals surface area (Å²) in [6.45, 7) is 1.32. The van der Waals surface area contributed by atoms with Crippen molar-refractivity contribution in [3.05, 3.63) is 36.4 Å². The van der Waals surface area contributed by atoms with Crippen LogP contribution >= 0.6 is 11.8 Å². The first-order valence-electron chi connectivity index (χ1n) is 9.97. The number of hydrogen-bond donors (Lipinski definition) is 2. The molecule has 1 saturated heterocycles. The van der Waals surface area contributed by atoms with Crippen molar-refractivity contribution in [3.8, 4) is 11.5 Å². The minimum absolute atomic E-state index is 0.0358. The molecule has 32 heavy (non-hydrogen) atoms. The summed E-state index contributed by atoms with van der Waals surface area (Å²) in [4.78, 5) is 27.6. The Labute approximate surface area is 190 Å². The molecular weight excluding hydrogens is 454 g/mol. The van der Waals surface area contributed by atoms with Gasteiger partial charge in [0.05, 0.1) is 30.5 Å². The number of carbonyl (C=O) groups is 2. The molecule has 0 aromatic heterocycles. The predicted octanol–water partition coefficient (Wildman–Crippen LogP) is 2.54. The van der Waals surface area contributed by atoms with Gasteiger partial charge in [0.2, 0.25) is 11.8 Å². The normalized spacial score (nSPS) is 18.0.